The first-order valence-corrected chi connectivity index (χ1v) is 8.13. The summed E-state index contributed by atoms with van der Waals surface area (Å²) in [6, 6.07) is 15.9. The van der Waals surface area contributed by atoms with E-state index >= 15 is 0 Å². The number of carbonyl (C=O) groups excluding carboxylic acids is 2. The predicted molar refractivity (Wildman–Crippen MR) is 97.1 cm³/mol. The van der Waals surface area contributed by atoms with Crippen molar-refractivity contribution in [1.82, 2.24) is 5.32 Å². The molecule has 0 aromatic heterocycles. The summed E-state index contributed by atoms with van der Waals surface area (Å²) in [6.07, 6.45) is 0.774. The Hall–Kier alpha value is -2.62. The molecular weight excluding hydrogens is 300 g/mol. The van der Waals surface area contributed by atoms with Crippen molar-refractivity contribution in [3.63, 3.8) is 0 Å². The fourth-order valence-electron chi connectivity index (χ4n) is 2.68. The largest absolute Gasteiger partial charge is 0.354 e. The molecule has 0 spiro atoms. The topological polar surface area (TPSA) is 49.4 Å². The van der Waals surface area contributed by atoms with E-state index in [9.17, 15) is 9.59 Å². The highest BCUT2D eigenvalue weighted by Gasteiger charge is 2.16. The zero-order valence-corrected chi connectivity index (χ0v) is 14.5. The van der Waals surface area contributed by atoms with E-state index < -0.39 is 0 Å². The van der Waals surface area contributed by atoms with Crippen molar-refractivity contribution in [2.75, 3.05) is 18.0 Å². The number of rotatable bonds is 6. The number of amides is 2. The van der Waals surface area contributed by atoms with Crippen LogP contribution in [0.2, 0.25) is 0 Å². The van der Waals surface area contributed by atoms with Crippen LogP contribution in [0.4, 0.5) is 5.69 Å². The Morgan fingerprint density at radius 3 is 2.21 bits per heavy atom. The van der Waals surface area contributed by atoms with Crippen molar-refractivity contribution in [2.45, 2.75) is 27.2 Å². The molecule has 4 heteroatoms. The molecule has 2 aromatic carbocycles. The minimum atomic E-state index is -0.153. The number of hydrogen-bond donors (Lipinski definition) is 1. The highest BCUT2D eigenvalue weighted by molar-refractivity contribution is 5.97. The van der Waals surface area contributed by atoms with Gasteiger partial charge >= 0.3 is 0 Å². The summed E-state index contributed by atoms with van der Waals surface area (Å²) in [5, 5.41) is 2.88. The van der Waals surface area contributed by atoms with E-state index in [0.717, 1.165) is 23.2 Å². The van der Waals surface area contributed by atoms with Crippen LogP contribution in [-0.2, 0) is 16.0 Å². The van der Waals surface area contributed by atoms with Gasteiger partial charge in [-0.05, 0) is 49.1 Å². The predicted octanol–water partition coefficient (Wildman–Crippen LogP) is 3.02. The quantitative estimate of drug-likeness (QED) is 0.888. The Morgan fingerprint density at radius 2 is 1.62 bits per heavy atom. The lowest BCUT2D eigenvalue weighted by molar-refractivity contribution is -0.123. The molecule has 0 saturated carbocycles. The Morgan fingerprint density at radius 1 is 1.00 bits per heavy atom. The molecule has 0 bridgehead atoms. The minimum Gasteiger partial charge on any atom is -0.354 e. The summed E-state index contributed by atoms with van der Waals surface area (Å²) in [5.41, 5.74) is 4.08. The molecule has 0 aliphatic carbocycles. The van der Waals surface area contributed by atoms with E-state index in [0.29, 0.717) is 6.54 Å². The summed E-state index contributed by atoms with van der Waals surface area (Å²) >= 11 is 0. The molecule has 0 aliphatic heterocycles. The van der Waals surface area contributed by atoms with Crippen molar-refractivity contribution < 1.29 is 9.59 Å². The van der Waals surface area contributed by atoms with E-state index in [4.69, 9.17) is 0 Å². The summed E-state index contributed by atoms with van der Waals surface area (Å²) in [5.74, 6) is -0.293. The molecule has 4 nitrogen and oxygen atoms in total. The maximum absolute atomic E-state index is 12.2. The third-order valence-electron chi connectivity index (χ3n) is 3.78. The van der Waals surface area contributed by atoms with E-state index in [-0.39, 0.29) is 18.4 Å². The van der Waals surface area contributed by atoms with Crippen molar-refractivity contribution >= 4 is 17.5 Å². The summed E-state index contributed by atoms with van der Waals surface area (Å²) in [6.45, 7) is 6.03. The van der Waals surface area contributed by atoms with E-state index in [2.05, 4.69) is 5.32 Å². The second-order valence-corrected chi connectivity index (χ2v) is 6.04. The van der Waals surface area contributed by atoms with Crippen LogP contribution in [0, 0.1) is 13.8 Å². The zero-order valence-electron chi connectivity index (χ0n) is 14.5. The Labute approximate surface area is 143 Å². The fraction of sp³-hybridized carbons (Fsp3) is 0.300. The first-order valence-electron chi connectivity index (χ1n) is 8.13. The maximum atomic E-state index is 12.2. The van der Waals surface area contributed by atoms with Gasteiger partial charge in [-0.1, -0.05) is 36.4 Å². The summed E-state index contributed by atoms with van der Waals surface area (Å²) in [4.78, 5) is 25.6. The SMILES string of the molecule is CC(=O)N(CC(=O)NCCc1ccccc1)c1cc(C)cc(C)c1. The van der Waals surface area contributed by atoms with E-state index in [1.165, 1.54) is 17.4 Å². The second kappa shape index (κ2) is 8.29. The van der Waals surface area contributed by atoms with Gasteiger partial charge in [0.1, 0.15) is 6.54 Å². The maximum Gasteiger partial charge on any atom is 0.240 e. The number of hydrogen-bond acceptors (Lipinski definition) is 2. The molecule has 2 aromatic rings. The number of benzene rings is 2. The molecule has 0 aliphatic rings. The van der Waals surface area contributed by atoms with Crippen molar-refractivity contribution in [2.24, 2.45) is 0 Å². The van der Waals surface area contributed by atoms with Gasteiger partial charge in [-0.25, -0.2) is 0 Å². The van der Waals surface area contributed by atoms with Crippen LogP contribution >= 0.6 is 0 Å². The molecule has 0 heterocycles. The van der Waals surface area contributed by atoms with Crippen LogP contribution in [-0.4, -0.2) is 24.9 Å². The first kappa shape index (κ1) is 17.7. The van der Waals surface area contributed by atoms with Gasteiger partial charge in [-0.15, -0.1) is 0 Å². The van der Waals surface area contributed by atoms with Gasteiger partial charge in [0, 0.05) is 19.2 Å². The highest BCUT2D eigenvalue weighted by atomic mass is 16.2. The van der Waals surface area contributed by atoms with Crippen molar-refractivity contribution in [3.8, 4) is 0 Å². The fourth-order valence-corrected chi connectivity index (χ4v) is 2.68. The average molecular weight is 324 g/mol. The number of nitrogens with zero attached hydrogens (tertiary/aromatic N) is 1. The highest BCUT2D eigenvalue weighted by Crippen LogP contribution is 2.18. The Bertz CT molecular complexity index is 691. The van der Waals surface area contributed by atoms with Gasteiger partial charge in [-0.2, -0.15) is 0 Å². The molecule has 2 amide bonds. The lowest BCUT2D eigenvalue weighted by atomic mass is 10.1. The summed E-state index contributed by atoms with van der Waals surface area (Å²) < 4.78 is 0. The number of carbonyl (C=O) groups is 2. The molecule has 126 valence electrons. The molecule has 1 N–H and O–H groups in total. The van der Waals surface area contributed by atoms with Crippen molar-refractivity contribution in [3.05, 3.63) is 65.2 Å². The number of nitrogens with one attached hydrogen (secondary N) is 1. The van der Waals surface area contributed by atoms with Crippen LogP contribution in [0.25, 0.3) is 0 Å². The smallest absolute Gasteiger partial charge is 0.240 e. The second-order valence-electron chi connectivity index (χ2n) is 6.04. The summed E-state index contributed by atoms with van der Waals surface area (Å²) in [7, 11) is 0. The molecule has 0 saturated heterocycles. The number of aryl methyl sites for hydroxylation is 2. The molecule has 24 heavy (non-hydrogen) atoms. The van der Waals surface area contributed by atoms with Crippen LogP contribution in [0.1, 0.15) is 23.6 Å². The standard InChI is InChI=1S/C20H24N2O2/c1-15-11-16(2)13-19(12-15)22(17(3)23)14-20(24)21-10-9-18-7-5-4-6-8-18/h4-8,11-13H,9-10,14H2,1-3H3,(H,21,24). The van der Waals surface area contributed by atoms with Gasteiger partial charge in [0.2, 0.25) is 11.8 Å². The lowest BCUT2D eigenvalue weighted by Crippen LogP contribution is -2.40. The van der Waals surface area contributed by atoms with Crippen molar-refractivity contribution in [1.29, 1.82) is 0 Å². The van der Waals surface area contributed by atoms with Crippen LogP contribution in [0.3, 0.4) is 0 Å². The average Bonchev–Trinajstić information content (AvgIpc) is 2.52. The molecular formula is C20H24N2O2. The van der Waals surface area contributed by atoms with Gasteiger partial charge < -0.3 is 10.2 Å². The van der Waals surface area contributed by atoms with Crippen LogP contribution in [0.5, 0.6) is 0 Å². The molecule has 0 fully saturated rings. The molecule has 0 atom stereocenters. The van der Waals surface area contributed by atoms with Gasteiger partial charge in [0.25, 0.3) is 0 Å². The normalized spacial score (nSPS) is 10.3. The Kier molecular flexibility index (Phi) is 6.13. The molecule has 0 radical (unpaired) electrons. The van der Waals surface area contributed by atoms with Gasteiger partial charge in [-0.3, -0.25) is 9.59 Å². The van der Waals surface area contributed by atoms with Crippen LogP contribution in [0.15, 0.2) is 48.5 Å². The van der Waals surface area contributed by atoms with E-state index in [1.807, 2.05) is 62.4 Å². The molecule has 0 unspecified atom stereocenters. The number of anilines is 1. The van der Waals surface area contributed by atoms with Gasteiger partial charge in [0.15, 0.2) is 0 Å². The molecule has 2 rings (SSSR count). The monoisotopic (exact) mass is 324 g/mol. The Balaban J connectivity index is 1.95. The van der Waals surface area contributed by atoms with E-state index in [1.54, 1.807) is 0 Å². The zero-order chi connectivity index (χ0) is 17.5. The third kappa shape index (κ3) is 5.23. The van der Waals surface area contributed by atoms with Gasteiger partial charge in [0.05, 0.1) is 0 Å². The first-order chi connectivity index (χ1) is 11.5. The minimum absolute atomic E-state index is 0.0347. The lowest BCUT2D eigenvalue weighted by Gasteiger charge is -2.21. The third-order valence-corrected chi connectivity index (χ3v) is 3.78. The van der Waals surface area contributed by atoms with Crippen LogP contribution < -0.4 is 10.2 Å².